The van der Waals surface area contributed by atoms with Crippen molar-refractivity contribution in [3.8, 4) is 11.4 Å². The molecule has 118 valence electrons. The number of aliphatic hydroxyl groups excluding tert-OH is 1. The topological polar surface area (TPSA) is 72.0 Å². The lowest BCUT2D eigenvalue weighted by molar-refractivity contribution is 0.199. The van der Waals surface area contributed by atoms with E-state index < -0.39 is 6.10 Å². The molecule has 1 unspecified atom stereocenters. The van der Waals surface area contributed by atoms with Crippen LogP contribution >= 0.6 is 0 Å². The van der Waals surface area contributed by atoms with E-state index in [9.17, 15) is 5.11 Å². The third kappa shape index (κ3) is 3.63. The molecule has 0 aliphatic heterocycles. The third-order valence-corrected chi connectivity index (χ3v) is 3.88. The summed E-state index contributed by atoms with van der Waals surface area (Å²) in [5, 5.41) is 13.6. The van der Waals surface area contributed by atoms with Crippen molar-refractivity contribution in [2.24, 2.45) is 0 Å². The quantitative estimate of drug-likeness (QED) is 0.780. The second-order valence-electron chi connectivity index (χ2n) is 5.70. The summed E-state index contributed by atoms with van der Waals surface area (Å²) in [6.07, 6.45) is 3.78. The van der Waals surface area contributed by atoms with Gasteiger partial charge >= 0.3 is 0 Å². The summed E-state index contributed by atoms with van der Waals surface area (Å²) in [7, 11) is 0. The van der Waals surface area contributed by atoms with Crippen molar-refractivity contribution in [2.75, 3.05) is 0 Å². The van der Waals surface area contributed by atoms with Crippen LogP contribution in [0, 0.1) is 0 Å². The van der Waals surface area contributed by atoms with E-state index >= 15 is 0 Å². The summed E-state index contributed by atoms with van der Waals surface area (Å²) in [6, 6.07) is 11.5. The first-order valence-electron chi connectivity index (χ1n) is 7.64. The Balaban J connectivity index is 1.73. The van der Waals surface area contributed by atoms with Crippen LogP contribution in [0.25, 0.3) is 11.4 Å². The van der Waals surface area contributed by atoms with Crippen molar-refractivity contribution >= 4 is 0 Å². The molecule has 0 saturated heterocycles. The summed E-state index contributed by atoms with van der Waals surface area (Å²) < 4.78 is 5.36. The molecule has 0 aliphatic rings. The lowest BCUT2D eigenvalue weighted by Gasteiger charge is -2.07. The number of hydrogen-bond acceptors (Lipinski definition) is 5. The summed E-state index contributed by atoms with van der Waals surface area (Å²) in [5.41, 5.74) is 2.94. The molecule has 0 fully saturated rings. The van der Waals surface area contributed by atoms with Crippen molar-refractivity contribution in [1.82, 2.24) is 15.1 Å². The predicted octanol–water partition coefficient (Wildman–Crippen LogP) is 3.53. The van der Waals surface area contributed by atoms with E-state index in [0.29, 0.717) is 18.1 Å². The molecule has 0 spiro atoms. The number of aromatic nitrogens is 3. The molecule has 5 heteroatoms. The number of hydrogen-bond donors (Lipinski definition) is 1. The highest BCUT2D eigenvalue weighted by Crippen LogP contribution is 2.22. The molecule has 0 saturated carbocycles. The van der Waals surface area contributed by atoms with Crippen LogP contribution in [0.1, 0.15) is 42.9 Å². The number of rotatable bonds is 5. The number of pyridine rings is 1. The SMILES string of the molecule is CC(Cc1nc(-c2ccc([C@@H](C)O)cc2)no1)c1ccncc1. The Morgan fingerprint density at radius 2 is 1.70 bits per heavy atom. The van der Waals surface area contributed by atoms with Gasteiger partial charge in [0, 0.05) is 24.4 Å². The highest BCUT2D eigenvalue weighted by molar-refractivity contribution is 5.54. The monoisotopic (exact) mass is 309 g/mol. The number of benzene rings is 1. The summed E-state index contributed by atoms with van der Waals surface area (Å²) in [4.78, 5) is 8.49. The van der Waals surface area contributed by atoms with Gasteiger partial charge in [-0.15, -0.1) is 0 Å². The van der Waals surface area contributed by atoms with Crippen molar-refractivity contribution < 1.29 is 9.63 Å². The van der Waals surface area contributed by atoms with Gasteiger partial charge in [0.25, 0.3) is 0 Å². The minimum Gasteiger partial charge on any atom is -0.389 e. The maximum Gasteiger partial charge on any atom is 0.227 e. The minimum atomic E-state index is -0.480. The largest absolute Gasteiger partial charge is 0.389 e. The molecule has 23 heavy (non-hydrogen) atoms. The smallest absolute Gasteiger partial charge is 0.227 e. The van der Waals surface area contributed by atoms with Crippen molar-refractivity contribution in [1.29, 1.82) is 0 Å². The number of nitrogens with zero attached hydrogens (tertiary/aromatic N) is 3. The molecule has 1 N–H and O–H groups in total. The standard InChI is InChI=1S/C18H19N3O2/c1-12(14-7-9-19-10-8-14)11-17-20-18(21-23-17)16-5-3-15(4-6-16)13(2)22/h3-10,12-13,22H,11H2,1-2H3/t12?,13-/m1/s1. The summed E-state index contributed by atoms with van der Waals surface area (Å²) in [6.45, 7) is 3.86. The van der Waals surface area contributed by atoms with Crippen LogP contribution in [-0.4, -0.2) is 20.2 Å². The van der Waals surface area contributed by atoms with Crippen LogP contribution in [-0.2, 0) is 6.42 Å². The summed E-state index contributed by atoms with van der Waals surface area (Å²) in [5.74, 6) is 1.46. The van der Waals surface area contributed by atoms with Crippen molar-refractivity contribution in [3.63, 3.8) is 0 Å². The van der Waals surface area contributed by atoms with E-state index in [1.54, 1.807) is 19.3 Å². The molecule has 0 radical (unpaired) electrons. The fourth-order valence-corrected chi connectivity index (χ4v) is 2.44. The zero-order chi connectivity index (χ0) is 16.2. The van der Waals surface area contributed by atoms with Crippen LogP contribution in [0.4, 0.5) is 0 Å². The molecule has 5 nitrogen and oxygen atoms in total. The second-order valence-corrected chi connectivity index (χ2v) is 5.70. The summed E-state index contributed by atoms with van der Waals surface area (Å²) >= 11 is 0. The third-order valence-electron chi connectivity index (χ3n) is 3.88. The molecule has 2 aromatic heterocycles. The van der Waals surface area contributed by atoms with Crippen molar-refractivity contribution in [2.45, 2.75) is 32.3 Å². The van der Waals surface area contributed by atoms with Gasteiger partial charge in [0.15, 0.2) is 0 Å². The van der Waals surface area contributed by atoms with E-state index in [4.69, 9.17) is 4.52 Å². The van der Waals surface area contributed by atoms with Crippen LogP contribution in [0.2, 0.25) is 0 Å². The predicted molar refractivity (Wildman–Crippen MR) is 86.7 cm³/mol. The van der Waals surface area contributed by atoms with Gasteiger partial charge in [0.2, 0.25) is 11.7 Å². The Hall–Kier alpha value is -2.53. The van der Waals surface area contributed by atoms with E-state index in [-0.39, 0.29) is 5.92 Å². The lowest BCUT2D eigenvalue weighted by Crippen LogP contribution is -1.98. The van der Waals surface area contributed by atoms with Crippen LogP contribution in [0.15, 0.2) is 53.3 Å². The van der Waals surface area contributed by atoms with Crippen molar-refractivity contribution in [3.05, 3.63) is 65.8 Å². The van der Waals surface area contributed by atoms with Crippen LogP contribution in [0.5, 0.6) is 0 Å². The molecule has 3 rings (SSSR count). The molecular formula is C18H19N3O2. The maximum absolute atomic E-state index is 9.54. The Bertz CT molecular complexity index is 751. The fourth-order valence-electron chi connectivity index (χ4n) is 2.44. The number of aliphatic hydroxyl groups is 1. The molecule has 0 amide bonds. The minimum absolute atomic E-state index is 0.281. The molecule has 0 bridgehead atoms. The Kier molecular flexibility index (Phi) is 4.48. The molecule has 0 aliphatic carbocycles. The Labute approximate surface area is 135 Å². The zero-order valence-electron chi connectivity index (χ0n) is 13.2. The molecular weight excluding hydrogens is 290 g/mol. The fraction of sp³-hybridized carbons (Fsp3) is 0.278. The Morgan fingerprint density at radius 1 is 1.00 bits per heavy atom. The van der Waals surface area contributed by atoms with Gasteiger partial charge in [-0.1, -0.05) is 36.3 Å². The van der Waals surface area contributed by atoms with E-state index in [1.807, 2.05) is 36.4 Å². The normalized spacial score (nSPS) is 13.7. The Morgan fingerprint density at radius 3 is 2.35 bits per heavy atom. The van der Waals surface area contributed by atoms with E-state index in [1.165, 1.54) is 5.56 Å². The van der Waals surface area contributed by atoms with E-state index in [0.717, 1.165) is 11.1 Å². The van der Waals surface area contributed by atoms with Crippen LogP contribution in [0.3, 0.4) is 0 Å². The lowest BCUT2D eigenvalue weighted by atomic mass is 9.99. The molecule has 2 atom stereocenters. The van der Waals surface area contributed by atoms with Gasteiger partial charge in [0.1, 0.15) is 0 Å². The van der Waals surface area contributed by atoms with E-state index in [2.05, 4.69) is 22.0 Å². The van der Waals surface area contributed by atoms with Crippen LogP contribution < -0.4 is 0 Å². The van der Waals surface area contributed by atoms with Gasteiger partial charge < -0.3 is 9.63 Å². The van der Waals surface area contributed by atoms with Gasteiger partial charge in [-0.3, -0.25) is 4.98 Å². The highest BCUT2D eigenvalue weighted by Gasteiger charge is 2.13. The second kappa shape index (κ2) is 6.71. The average Bonchev–Trinajstić information content (AvgIpc) is 3.04. The van der Waals surface area contributed by atoms with Gasteiger partial charge in [-0.25, -0.2) is 0 Å². The maximum atomic E-state index is 9.54. The first kappa shape index (κ1) is 15.4. The van der Waals surface area contributed by atoms with Gasteiger partial charge in [-0.2, -0.15) is 4.98 Å². The van der Waals surface area contributed by atoms with Gasteiger partial charge in [-0.05, 0) is 36.1 Å². The average molecular weight is 309 g/mol. The molecule has 2 heterocycles. The first-order valence-corrected chi connectivity index (χ1v) is 7.64. The van der Waals surface area contributed by atoms with Gasteiger partial charge in [0.05, 0.1) is 6.10 Å². The first-order chi connectivity index (χ1) is 11.1. The highest BCUT2D eigenvalue weighted by atomic mass is 16.5. The molecule has 3 aromatic rings. The zero-order valence-corrected chi connectivity index (χ0v) is 13.2. The molecule has 1 aromatic carbocycles.